The Morgan fingerprint density at radius 2 is 1.84 bits per heavy atom. The van der Waals surface area contributed by atoms with Crippen LogP contribution in [0.15, 0.2) is 54.6 Å². The first-order valence-electron chi connectivity index (χ1n) is 10.3. The summed E-state index contributed by atoms with van der Waals surface area (Å²) in [6.07, 6.45) is 0.499. The lowest BCUT2D eigenvalue weighted by Gasteiger charge is -2.29. The molecule has 0 unspecified atom stereocenters. The average Bonchev–Trinajstić information content (AvgIpc) is 3.09. The summed E-state index contributed by atoms with van der Waals surface area (Å²) in [5.41, 5.74) is 2.89. The van der Waals surface area contributed by atoms with Crippen LogP contribution in [0.1, 0.15) is 21.6 Å². The summed E-state index contributed by atoms with van der Waals surface area (Å²) in [6, 6.07) is 15.5. The molecule has 0 radical (unpaired) electrons. The van der Waals surface area contributed by atoms with E-state index in [-0.39, 0.29) is 12.5 Å². The van der Waals surface area contributed by atoms with E-state index < -0.39 is 11.8 Å². The number of rotatable bonds is 4. The number of carbonyl (C=O) groups is 2. The number of aliphatic carboxylic acids is 1. The van der Waals surface area contributed by atoms with Crippen molar-refractivity contribution in [2.24, 2.45) is 0 Å². The molecule has 1 aliphatic rings. The first-order chi connectivity index (χ1) is 15.5. The molecular weight excluding hydrogens is 411 g/mol. The number of carboxylic acid groups (broad SMARTS) is 1. The molecule has 162 valence electrons. The number of carboxylic acids is 1. The fourth-order valence-electron chi connectivity index (χ4n) is 4.72. The van der Waals surface area contributed by atoms with Crippen LogP contribution in [-0.2, 0) is 24.3 Å². The molecule has 1 amide bonds. The van der Waals surface area contributed by atoms with Gasteiger partial charge in [-0.3, -0.25) is 9.59 Å². The third-order valence-corrected chi connectivity index (χ3v) is 6.13. The summed E-state index contributed by atoms with van der Waals surface area (Å²) in [5.74, 6) is -0.773. The molecule has 4 aromatic rings. The molecule has 0 fully saturated rings. The van der Waals surface area contributed by atoms with Gasteiger partial charge in [0.1, 0.15) is 18.1 Å². The third kappa shape index (κ3) is 3.17. The predicted octanol–water partition coefficient (Wildman–Crippen LogP) is 4.23. The number of nitrogens with zero attached hydrogens (tertiary/aromatic N) is 2. The number of halogens is 1. The van der Waals surface area contributed by atoms with E-state index in [2.05, 4.69) is 0 Å². The molecule has 0 saturated carbocycles. The number of hydrogen-bond donors (Lipinski definition) is 1. The molecule has 2 heterocycles. The van der Waals surface area contributed by atoms with Crippen molar-refractivity contribution in [2.75, 3.05) is 13.7 Å². The molecule has 5 rings (SSSR count). The number of carbonyl (C=O) groups excluding carboxylic acids is 1. The highest BCUT2D eigenvalue weighted by molar-refractivity contribution is 6.08. The van der Waals surface area contributed by atoms with Crippen LogP contribution in [0.4, 0.5) is 4.39 Å². The summed E-state index contributed by atoms with van der Waals surface area (Å²) >= 11 is 0. The zero-order valence-electron chi connectivity index (χ0n) is 17.5. The minimum Gasteiger partial charge on any atom is -0.496 e. The number of ether oxygens (including phenoxy) is 1. The molecular formula is C25H21FN2O4. The van der Waals surface area contributed by atoms with Crippen LogP contribution >= 0.6 is 0 Å². The Labute approximate surface area is 183 Å². The van der Waals surface area contributed by atoms with Crippen molar-refractivity contribution >= 4 is 33.6 Å². The van der Waals surface area contributed by atoms with Gasteiger partial charge >= 0.3 is 5.97 Å². The minimum atomic E-state index is -0.961. The molecule has 3 aromatic carbocycles. The summed E-state index contributed by atoms with van der Waals surface area (Å²) in [6.45, 7) is 0.542. The van der Waals surface area contributed by atoms with Gasteiger partial charge in [0.15, 0.2) is 0 Å². The van der Waals surface area contributed by atoms with Crippen molar-refractivity contribution < 1.29 is 23.8 Å². The van der Waals surface area contributed by atoms with E-state index in [0.29, 0.717) is 41.7 Å². The van der Waals surface area contributed by atoms with Crippen molar-refractivity contribution in [1.29, 1.82) is 0 Å². The summed E-state index contributed by atoms with van der Waals surface area (Å²) in [7, 11) is 1.60. The normalized spacial score (nSPS) is 13.4. The Morgan fingerprint density at radius 1 is 1.06 bits per heavy atom. The second kappa shape index (κ2) is 7.67. The zero-order valence-corrected chi connectivity index (χ0v) is 17.5. The Morgan fingerprint density at radius 3 is 2.59 bits per heavy atom. The molecule has 0 atom stereocenters. The van der Waals surface area contributed by atoms with Gasteiger partial charge in [-0.15, -0.1) is 0 Å². The second-order valence-corrected chi connectivity index (χ2v) is 7.90. The summed E-state index contributed by atoms with van der Waals surface area (Å²) in [4.78, 5) is 26.7. The molecule has 0 aliphatic carbocycles. The maximum Gasteiger partial charge on any atom is 0.323 e. The van der Waals surface area contributed by atoms with Gasteiger partial charge in [0.05, 0.1) is 7.11 Å². The smallest absolute Gasteiger partial charge is 0.323 e. The Kier molecular flexibility index (Phi) is 4.81. The molecule has 1 aliphatic heterocycles. The SMILES string of the molecule is COc1ccc(C(=O)N2CCc3c(c4cc(F)ccc4n3CC(=O)O)C2)c2ccccc12. The molecule has 32 heavy (non-hydrogen) atoms. The predicted molar refractivity (Wildman–Crippen MR) is 118 cm³/mol. The largest absolute Gasteiger partial charge is 0.496 e. The highest BCUT2D eigenvalue weighted by Crippen LogP contribution is 2.34. The standard InChI is InChI=1S/C25H21FN2O4/c1-32-23-9-7-18(16-4-2-3-5-17(16)23)25(31)27-11-10-22-20(13-27)19-12-15(26)6-8-21(19)28(22)14-24(29)30/h2-9,12H,10-11,13-14H2,1H3,(H,29,30). The van der Waals surface area contributed by atoms with Crippen molar-refractivity contribution in [3.8, 4) is 5.75 Å². The number of fused-ring (bicyclic) bond motifs is 4. The van der Waals surface area contributed by atoms with Gasteiger partial charge in [-0.05, 0) is 35.7 Å². The van der Waals surface area contributed by atoms with Crippen LogP contribution in [0.5, 0.6) is 5.75 Å². The first kappa shape index (κ1) is 20.1. The summed E-state index contributed by atoms with van der Waals surface area (Å²) in [5, 5.41) is 11.7. The fraction of sp³-hybridized carbons (Fsp3) is 0.200. The fourth-order valence-corrected chi connectivity index (χ4v) is 4.72. The highest BCUT2D eigenvalue weighted by Gasteiger charge is 2.29. The maximum absolute atomic E-state index is 14.0. The van der Waals surface area contributed by atoms with Gasteiger partial charge in [-0.25, -0.2) is 4.39 Å². The maximum atomic E-state index is 14.0. The lowest BCUT2D eigenvalue weighted by molar-refractivity contribution is -0.137. The minimum absolute atomic E-state index is 0.120. The molecule has 0 bridgehead atoms. The van der Waals surface area contributed by atoms with Crippen molar-refractivity contribution in [2.45, 2.75) is 19.5 Å². The van der Waals surface area contributed by atoms with Crippen LogP contribution in [0.25, 0.3) is 21.7 Å². The number of benzene rings is 3. The number of aromatic nitrogens is 1. The van der Waals surface area contributed by atoms with Crippen LogP contribution in [-0.4, -0.2) is 40.1 Å². The Hall–Kier alpha value is -3.87. The van der Waals surface area contributed by atoms with Gasteiger partial charge in [0.2, 0.25) is 0 Å². The van der Waals surface area contributed by atoms with Crippen molar-refractivity contribution in [1.82, 2.24) is 9.47 Å². The molecule has 1 aromatic heterocycles. The van der Waals surface area contributed by atoms with E-state index in [1.54, 1.807) is 34.8 Å². The summed E-state index contributed by atoms with van der Waals surface area (Å²) < 4.78 is 21.2. The van der Waals surface area contributed by atoms with Crippen LogP contribution < -0.4 is 4.74 Å². The van der Waals surface area contributed by atoms with E-state index in [1.165, 1.54) is 12.1 Å². The van der Waals surface area contributed by atoms with Gasteiger partial charge in [-0.1, -0.05) is 24.3 Å². The molecule has 7 heteroatoms. The van der Waals surface area contributed by atoms with E-state index in [9.17, 15) is 19.1 Å². The number of amides is 1. The van der Waals surface area contributed by atoms with Gasteiger partial charge in [0.25, 0.3) is 5.91 Å². The third-order valence-electron chi connectivity index (χ3n) is 6.13. The molecule has 0 saturated heterocycles. The van der Waals surface area contributed by atoms with Crippen molar-refractivity contribution in [3.05, 3.63) is 77.2 Å². The lowest BCUT2D eigenvalue weighted by Crippen LogP contribution is -2.36. The van der Waals surface area contributed by atoms with Crippen LogP contribution in [0.3, 0.4) is 0 Å². The van der Waals surface area contributed by atoms with Crippen molar-refractivity contribution in [3.63, 3.8) is 0 Å². The van der Waals surface area contributed by atoms with E-state index in [1.807, 2.05) is 24.3 Å². The zero-order chi connectivity index (χ0) is 22.4. The van der Waals surface area contributed by atoms with Gasteiger partial charge in [-0.2, -0.15) is 0 Å². The van der Waals surface area contributed by atoms with Gasteiger partial charge in [0, 0.05) is 52.6 Å². The molecule has 6 nitrogen and oxygen atoms in total. The quantitative estimate of drug-likeness (QED) is 0.524. The monoisotopic (exact) mass is 432 g/mol. The number of hydrogen-bond acceptors (Lipinski definition) is 3. The topological polar surface area (TPSA) is 71.8 Å². The first-order valence-corrected chi connectivity index (χ1v) is 10.3. The average molecular weight is 432 g/mol. The van der Waals surface area contributed by atoms with E-state index >= 15 is 0 Å². The highest BCUT2D eigenvalue weighted by atomic mass is 19.1. The Bertz CT molecular complexity index is 1390. The van der Waals surface area contributed by atoms with Crippen LogP contribution in [0.2, 0.25) is 0 Å². The molecule has 1 N–H and O–H groups in total. The second-order valence-electron chi connectivity index (χ2n) is 7.90. The van der Waals surface area contributed by atoms with Gasteiger partial charge < -0.3 is 19.3 Å². The molecule has 0 spiro atoms. The lowest BCUT2D eigenvalue weighted by atomic mass is 10.00. The van der Waals surface area contributed by atoms with E-state index in [0.717, 1.165) is 22.0 Å². The number of methoxy groups -OCH3 is 1. The van der Waals surface area contributed by atoms with E-state index in [4.69, 9.17) is 4.74 Å². The Balaban J connectivity index is 1.57. The van der Waals surface area contributed by atoms with Crippen LogP contribution in [0, 0.1) is 5.82 Å².